The van der Waals surface area contributed by atoms with E-state index < -0.39 is 42.9 Å². The van der Waals surface area contributed by atoms with Crippen molar-refractivity contribution >= 4 is 27.6 Å². The number of aromatic carboxylic acids is 1. The van der Waals surface area contributed by atoms with E-state index in [2.05, 4.69) is 0 Å². The summed E-state index contributed by atoms with van der Waals surface area (Å²) in [6.45, 7) is 2.57. The smallest absolute Gasteiger partial charge is 0.337 e. The minimum absolute atomic E-state index is 0.248. The Morgan fingerprint density at radius 2 is 1.95 bits per heavy atom. The summed E-state index contributed by atoms with van der Waals surface area (Å²) in [6, 6.07) is 1.43. The molecule has 0 saturated heterocycles. The highest BCUT2D eigenvalue weighted by atomic mass is 35.5. The van der Waals surface area contributed by atoms with Crippen molar-refractivity contribution in [3.8, 4) is 0 Å². The van der Waals surface area contributed by atoms with Crippen LogP contribution in [0.4, 0.5) is 4.39 Å². The fraction of sp³-hybridized carbons (Fsp3) is 0.417. The van der Waals surface area contributed by atoms with Crippen LogP contribution in [0, 0.1) is 5.82 Å². The van der Waals surface area contributed by atoms with Crippen LogP contribution in [0.25, 0.3) is 0 Å². The number of sulfonamides is 1. The predicted molar refractivity (Wildman–Crippen MR) is 74.5 cm³/mol. The van der Waals surface area contributed by atoms with Crippen molar-refractivity contribution in [2.75, 3.05) is 13.6 Å². The van der Waals surface area contributed by atoms with Crippen LogP contribution < -0.4 is 0 Å². The van der Waals surface area contributed by atoms with Crippen LogP contribution in [0.5, 0.6) is 0 Å². The molecule has 1 rings (SSSR count). The molecular weight excluding hydrogens is 325 g/mol. The monoisotopic (exact) mass is 339 g/mol. The summed E-state index contributed by atoms with van der Waals surface area (Å²) in [7, 11) is -2.96. The van der Waals surface area contributed by atoms with Crippen LogP contribution in [0.2, 0.25) is 5.02 Å². The predicted octanol–water partition coefficient (Wildman–Crippen LogP) is 1.57. The number of benzene rings is 1. The van der Waals surface area contributed by atoms with Gasteiger partial charge in [-0.15, -0.1) is 0 Å². The van der Waals surface area contributed by atoms with E-state index in [-0.39, 0.29) is 6.54 Å². The van der Waals surface area contributed by atoms with Gasteiger partial charge in [0.1, 0.15) is 5.82 Å². The van der Waals surface area contributed by atoms with E-state index >= 15 is 0 Å². The van der Waals surface area contributed by atoms with Crippen molar-refractivity contribution in [3.63, 3.8) is 0 Å². The molecule has 0 radical (unpaired) electrons. The molecule has 0 aliphatic heterocycles. The molecule has 118 valence electrons. The normalized spacial score (nSPS) is 12.7. The third-order valence-corrected chi connectivity index (χ3v) is 4.72. The number of rotatable bonds is 5. The van der Waals surface area contributed by atoms with Gasteiger partial charge in [-0.25, -0.2) is 17.6 Å². The van der Waals surface area contributed by atoms with Gasteiger partial charge in [0.25, 0.3) is 0 Å². The largest absolute Gasteiger partial charge is 0.478 e. The molecule has 0 unspecified atom stereocenters. The van der Waals surface area contributed by atoms with Gasteiger partial charge in [0.2, 0.25) is 10.0 Å². The lowest BCUT2D eigenvalue weighted by Gasteiger charge is -2.25. The van der Waals surface area contributed by atoms with Gasteiger partial charge in [-0.05, 0) is 26.0 Å². The number of likely N-dealkylation sites (N-methyl/N-ethyl adjacent to an activating group) is 1. The summed E-state index contributed by atoms with van der Waals surface area (Å²) in [5.74, 6) is -2.69. The molecule has 0 saturated carbocycles. The fourth-order valence-electron chi connectivity index (χ4n) is 1.68. The first-order valence-corrected chi connectivity index (χ1v) is 7.59. The summed E-state index contributed by atoms with van der Waals surface area (Å²) < 4.78 is 38.9. The minimum Gasteiger partial charge on any atom is -0.478 e. The van der Waals surface area contributed by atoms with Crippen LogP contribution in [0.15, 0.2) is 17.0 Å². The van der Waals surface area contributed by atoms with E-state index in [4.69, 9.17) is 16.7 Å². The average Bonchev–Trinajstić information content (AvgIpc) is 2.29. The van der Waals surface area contributed by atoms with Gasteiger partial charge < -0.3 is 10.2 Å². The van der Waals surface area contributed by atoms with Crippen molar-refractivity contribution in [2.45, 2.75) is 24.3 Å². The topological polar surface area (TPSA) is 94.9 Å². The third-order valence-electron chi connectivity index (χ3n) is 2.55. The van der Waals surface area contributed by atoms with Crippen molar-refractivity contribution in [1.29, 1.82) is 0 Å². The van der Waals surface area contributed by atoms with Gasteiger partial charge in [-0.2, -0.15) is 4.31 Å². The molecule has 0 spiro atoms. The second kappa shape index (κ2) is 5.88. The van der Waals surface area contributed by atoms with Crippen molar-refractivity contribution in [1.82, 2.24) is 4.31 Å². The van der Waals surface area contributed by atoms with Gasteiger partial charge in [0, 0.05) is 13.6 Å². The lowest BCUT2D eigenvalue weighted by atomic mass is 10.1. The standard InChI is InChI=1S/C12H15ClFNO5S/c1-12(2,18)6-15(3)21(19,20)7-4-8(11(16)17)10(13)9(14)5-7/h4-5,18H,6H2,1-3H3,(H,16,17). The molecule has 1 aromatic carbocycles. The summed E-state index contributed by atoms with van der Waals surface area (Å²) >= 11 is 5.49. The van der Waals surface area contributed by atoms with Gasteiger partial charge >= 0.3 is 5.97 Å². The maximum atomic E-state index is 13.6. The molecule has 0 atom stereocenters. The molecule has 1 aromatic rings. The van der Waals surface area contributed by atoms with Crippen LogP contribution in [-0.2, 0) is 10.0 Å². The van der Waals surface area contributed by atoms with Crippen molar-refractivity contribution in [2.24, 2.45) is 0 Å². The van der Waals surface area contributed by atoms with Crippen LogP contribution in [0.3, 0.4) is 0 Å². The Kier molecular flexibility index (Phi) is 4.99. The average molecular weight is 340 g/mol. The number of halogens is 2. The zero-order valence-corrected chi connectivity index (χ0v) is 13.2. The Hall–Kier alpha value is -1.22. The number of carboxylic acid groups (broad SMARTS) is 1. The molecule has 0 amide bonds. The number of aliphatic hydroxyl groups is 1. The quantitative estimate of drug-likeness (QED) is 0.849. The first-order chi connectivity index (χ1) is 9.36. The summed E-state index contributed by atoms with van der Waals surface area (Å²) in [6.07, 6.45) is 0. The first kappa shape index (κ1) is 17.8. The Labute approximate surface area is 126 Å². The van der Waals surface area contributed by atoms with E-state index in [1.165, 1.54) is 20.9 Å². The Morgan fingerprint density at radius 3 is 2.38 bits per heavy atom. The summed E-state index contributed by atoms with van der Waals surface area (Å²) in [5, 5.41) is 17.9. The molecule has 0 aromatic heterocycles. The first-order valence-electron chi connectivity index (χ1n) is 5.77. The van der Waals surface area contributed by atoms with E-state index in [0.29, 0.717) is 6.07 Å². The fourth-order valence-corrected chi connectivity index (χ4v) is 3.23. The number of carboxylic acids is 1. The summed E-state index contributed by atoms with van der Waals surface area (Å²) in [5.41, 5.74) is -1.95. The van der Waals surface area contributed by atoms with E-state index in [1.807, 2.05) is 0 Å². The van der Waals surface area contributed by atoms with Crippen LogP contribution in [-0.4, -0.2) is 48.1 Å². The molecular formula is C12H15ClFNO5S. The molecule has 0 aliphatic carbocycles. The Balaban J connectivity index is 3.36. The minimum atomic E-state index is -4.16. The highest BCUT2D eigenvalue weighted by Gasteiger charge is 2.28. The maximum absolute atomic E-state index is 13.6. The summed E-state index contributed by atoms with van der Waals surface area (Å²) in [4.78, 5) is 10.4. The SMILES string of the molecule is CN(CC(C)(C)O)S(=O)(=O)c1cc(F)c(Cl)c(C(=O)O)c1. The van der Waals surface area contributed by atoms with Gasteiger partial charge in [0.05, 0.1) is 21.1 Å². The van der Waals surface area contributed by atoms with Crippen LogP contribution >= 0.6 is 11.6 Å². The highest BCUT2D eigenvalue weighted by molar-refractivity contribution is 7.89. The Morgan fingerprint density at radius 1 is 1.43 bits per heavy atom. The second-order valence-corrected chi connectivity index (χ2v) is 7.57. The van der Waals surface area contributed by atoms with Gasteiger partial charge in [-0.3, -0.25) is 0 Å². The van der Waals surface area contributed by atoms with E-state index in [9.17, 15) is 22.7 Å². The highest BCUT2D eigenvalue weighted by Crippen LogP contribution is 2.26. The molecule has 6 nitrogen and oxygen atoms in total. The lowest BCUT2D eigenvalue weighted by Crippen LogP contribution is -2.39. The van der Waals surface area contributed by atoms with Crippen LogP contribution in [0.1, 0.15) is 24.2 Å². The zero-order valence-electron chi connectivity index (χ0n) is 11.6. The Bertz CT molecular complexity index is 669. The molecule has 2 N–H and O–H groups in total. The molecule has 9 heteroatoms. The van der Waals surface area contributed by atoms with Gasteiger partial charge in [0.15, 0.2) is 0 Å². The molecule has 0 heterocycles. The lowest BCUT2D eigenvalue weighted by molar-refractivity contribution is 0.0638. The van der Waals surface area contributed by atoms with Crippen molar-refractivity contribution < 1.29 is 27.8 Å². The second-order valence-electron chi connectivity index (χ2n) is 5.15. The molecule has 0 aliphatic rings. The van der Waals surface area contributed by atoms with E-state index in [0.717, 1.165) is 10.4 Å². The zero-order chi connectivity index (χ0) is 16.6. The van der Waals surface area contributed by atoms with Gasteiger partial charge in [-0.1, -0.05) is 11.6 Å². The number of carbonyl (C=O) groups is 1. The van der Waals surface area contributed by atoms with Crippen molar-refractivity contribution in [3.05, 3.63) is 28.5 Å². The number of hydrogen-bond donors (Lipinski definition) is 2. The third kappa shape index (κ3) is 4.13. The molecule has 0 fully saturated rings. The molecule has 21 heavy (non-hydrogen) atoms. The number of nitrogens with zero attached hydrogens (tertiary/aromatic N) is 1. The molecule has 0 bridgehead atoms. The number of hydrogen-bond acceptors (Lipinski definition) is 4. The maximum Gasteiger partial charge on any atom is 0.337 e. The van der Waals surface area contributed by atoms with E-state index in [1.54, 1.807) is 0 Å².